The summed E-state index contributed by atoms with van der Waals surface area (Å²) in [6, 6.07) is 18.5. The Morgan fingerprint density at radius 3 is 2.47 bits per heavy atom. The van der Waals surface area contributed by atoms with E-state index in [1.54, 1.807) is 38.3 Å². The highest BCUT2D eigenvalue weighted by atomic mass is 16.5. The Hall–Kier alpha value is -3.59. The van der Waals surface area contributed by atoms with Crippen LogP contribution in [0.5, 0.6) is 5.75 Å². The molecule has 154 valence electrons. The highest BCUT2D eigenvalue weighted by Crippen LogP contribution is 2.39. The van der Waals surface area contributed by atoms with Crippen molar-refractivity contribution in [2.75, 3.05) is 13.7 Å². The van der Waals surface area contributed by atoms with Crippen molar-refractivity contribution >= 4 is 23.5 Å². The zero-order valence-electron chi connectivity index (χ0n) is 17.1. The Morgan fingerprint density at radius 2 is 1.83 bits per heavy atom. The summed E-state index contributed by atoms with van der Waals surface area (Å²) in [5.41, 5.74) is 0.747. The van der Waals surface area contributed by atoms with E-state index in [2.05, 4.69) is 11.4 Å². The van der Waals surface area contributed by atoms with Crippen LogP contribution in [0.2, 0.25) is 0 Å². The van der Waals surface area contributed by atoms with Crippen LogP contribution in [-0.4, -0.2) is 31.1 Å². The molecule has 0 heterocycles. The quantitative estimate of drug-likeness (QED) is 0.413. The summed E-state index contributed by atoms with van der Waals surface area (Å²) in [6.07, 6.45) is 3.49. The van der Waals surface area contributed by atoms with Crippen molar-refractivity contribution in [2.24, 2.45) is 5.92 Å². The van der Waals surface area contributed by atoms with Gasteiger partial charge in [-0.1, -0.05) is 48.5 Å². The Balaban J connectivity index is 1.77. The van der Waals surface area contributed by atoms with E-state index in [4.69, 9.17) is 9.47 Å². The number of methoxy groups -OCH3 is 1. The van der Waals surface area contributed by atoms with E-state index in [1.165, 1.54) is 0 Å². The van der Waals surface area contributed by atoms with Crippen LogP contribution >= 0.6 is 0 Å². The molecule has 1 aliphatic rings. The first-order chi connectivity index (χ1) is 14.5. The average Bonchev–Trinajstić information content (AvgIpc) is 3.62. The summed E-state index contributed by atoms with van der Waals surface area (Å²) in [7, 11) is 1.56. The molecule has 1 saturated carbocycles. The number of nitrogens with one attached hydrogen (secondary N) is 1. The van der Waals surface area contributed by atoms with Gasteiger partial charge in [0.2, 0.25) is 0 Å². The molecular weight excluding hydrogens is 380 g/mol. The summed E-state index contributed by atoms with van der Waals surface area (Å²) >= 11 is 0. The molecule has 0 aromatic heterocycles. The second kappa shape index (κ2) is 9.27. The monoisotopic (exact) mass is 404 g/mol. The molecule has 30 heavy (non-hydrogen) atoms. The minimum absolute atomic E-state index is 0.146. The van der Waals surface area contributed by atoms with Gasteiger partial charge in [0.1, 0.15) is 11.3 Å². The van der Waals surface area contributed by atoms with E-state index in [0.717, 1.165) is 12.8 Å². The van der Waals surface area contributed by atoms with Gasteiger partial charge in [-0.15, -0.1) is 0 Å². The Bertz CT molecular complexity index is 990. The molecule has 0 bridgehead atoms. The summed E-state index contributed by atoms with van der Waals surface area (Å²) in [5.74, 6) is -0.366. The number of carbonyl (C=O) groups is 2. The van der Waals surface area contributed by atoms with Crippen LogP contribution < -0.4 is 10.1 Å². The van der Waals surface area contributed by atoms with Crippen molar-refractivity contribution < 1.29 is 19.1 Å². The zero-order valence-corrected chi connectivity index (χ0v) is 17.1. The second-order valence-corrected chi connectivity index (χ2v) is 7.38. The smallest absolute Gasteiger partial charge is 0.339 e. The maximum Gasteiger partial charge on any atom is 0.339 e. The summed E-state index contributed by atoms with van der Waals surface area (Å²) < 4.78 is 10.7. The van der Waals surface area contributed by atoms with Crippen molar-refractivity contribution in [1.82, 2.24) is 5.32 Å². The van der Waals surface area contributed by atoms with E-state index < -0.39 is 24.0 Å². The fourth-order valence-corrected chi connectivity index (χ4v) is 3.24. The molecule has 1 atom stereocenters. The Morgan fingerprint density at radius 1 is 1.17 bits per heavy atom. The normalized spacial score (nSPS) is 15.4. The van der Waals surface area contributed by atoms with Gasteiger partial charge in [-0.25, -0.2) is 4.79 Å². The van der Waals surface area contributed by atoms with Gasteiger partial charge < -0.3 is 14.8 Å². The van der Waals surface area contributed by atoms with Crippen LogP contribution in [0.4, 0.5) is 0 Å². The van der Waals surface area contributed by atoms with Gasteiger partial charge in [-0.05, 0) is 43.4 Å². The van der Waals surface area contributed by atoms with E-state index in [9.17, 15) is 14.9 Å². The number of hydrogen-bond donors (Lipinski definition) is 1. The predicted octanol–water partition coefficient (Wildman–Crippen LogP) is 3.59. The number of amides is 1. The van der Waals surface area contributed by atoms with Crippen molar-refractivity contribution in [3.63, 3.8) is 0 Å². The average molecular weight is 404 g/mol. The van der Waals surface area contributed by atoms with Gasteiger partial charge in [0.25, 0.3) is 5.91 Å². The maximum atomic E-state index is 12.9. The standard InChI is InChI=1S/C24H24N2O4/c1-24(16-25,19-12-13-19)26-22(27)15-30-23(28)20(17-8-4-3-5-9-17)14-18-10-6-7-11-21(18)29-2/h3-11,14,19H,12-13,15H2,1-2H3,(H,26,27)/b20-14+/t24-/m0/s1. The molecular formula is C24H24N2O4. The summed E-state index contributed by atoms with van der Waals surface area (Å²) in [5, 5.41) is 12.1. The molecule has 0 unspecified atom stereocenters. The van der Waals surface area contributed by atoms with Crippen molar-refractivity contribution in [3.05, 3.63) is 65.7 Å². The molecule has 1 aliphatic carbocycles. The van der Waals surface area contributed by atoms with Crippen molar-refractivity contribution in [1.29, 1.82) is 5.26 Å². The Labute approximate surface area is 176 Å². The predicted molar refractivity (Wildman–Crippen MR) is 113 cm³/mol. The molecule has 0 saturated heterocycles. The number of esters is 1. The minimum Gasteiger partial charge on any atom is -0.496 e. The van der Waals surface area contributed by atoms with E-state index in [0.29, 0.717) is 22.4 Å². The van der Waals surface area contributed by atoms with E-state index >= 15 is 0 Å². The lowest BCUT2D eigenvalue weighted by molar-refractivity contribution is -0.143. The van der Waals surface area contributed by atoms with E-state index in [-0.39, 0.29) is 5.92 Å². The fourth-order valence-electron chi connectivity index (χ4n) is 3.24. The largest absolute Gasteiger partial charge is 0.496 e. The molecule has 0 radical (unpaired) electrons. The van der Waals surface area contributed by atoms with Crippen LogP contribution in [0, 0.1) is 17.2 Å². The third-order valence-corrected chi connectivity index (χ3v) is 5.10. The lowest BCUT2D eigenvalue weighted by atomic mass is 9.98. The first-order valence-electron chi connectivity index (χ1n) is 9.76. The molecule has 1 N–H and O–H groups in total. The zero-order chi connectivity index (χ0) is 21.6. The lowest BCUT2D eigenvalue weighted by Crippen LogP contribution is -2.48. The van der Waals surface area contributed by atoms with Gasteiger partial charge in [-0.2, -0.15) is 5.26 Å². The molecule has 6 nitrogen and oxygen atoms in total. The number of benzene rings is 2. The van der Waals surface area contributed by atoms with Gasteiger partial charge >= 0.3 is 5.97 Å². The summed E-state index contributed by atoms with van der Waals surface area (Å²) in [4.78, 5) is 25.2. The number of hydrogen-bond acceptors (Lipinski definition) is 5. The highest BCUT2D eigenvalue weighted by Gasteiger charge is 2.43. The molecule has 2 aromatic rings. The molecule has 0 spiro atoms. The van der Waals surface area contributed by atoms with Crippen LogP contribution in [0.3, 0.4) is 0 Å². The highest BCUT2D eigenvalue weighted by molar-refractivity contribution is 6.22. The second-order valence-electron chi connectivity index (χ2n) is 7.38. The molecule has 6 heteroatoms. The lowest BCUT2D eigenvalue weighted by Gasteiger charge is -2.22. The number of nitriles is 1. The minimum atomic E-state index is -0.932. The molecule has 1 amide bonds. The molecule has 3 rings (SSSR count). The first-order valence-corrected chi connectivity index (χ1v) is 9.76. The van der Waals surface area contributed by atoms with Crippen molar-refractivity contribution in [3.8, 4) is 11.8 Å². The topological polar surface area (TPSA) is 88.4 Å². The first kappa shape index (κ1) is 21.1. The number of ether oxygens (including phenoxy) is 2. The van der Waals surface area contributed by atoms with Crippen molar-refractivity contribution in [2.45, 2.75) is 25.3 Å². The third-order valence-electron chi connectivity index (χ3n) is 5.10. The molecule has 1 fully saturated rings. The van der Waals surface area contributed by atoms with Crippen LogP contribution in [-0.2, 0) is 14.3 Å². The number of para-hydroxylation sites is 1. The van der Waals surface area contributed by atoms with Crippen LogP contribution in [0.1, 0.15) is 30.9 Å². The Kier molecular flexibility index (Phi) is 6.53. The number of nitrogens with zero attached hydrogens (tertiary/aromatic N) is 1. The SMILES string of the molecule is COc1ccccc1/C=C(/C(=O)OCC(=O)N[C@@](C)(C#N)C1CC1)c1ccccc1. The number of carbonyl (C=O) groups excluding carboxylic acids is 2. The summed E-state index contributed by atoms with van der Waals surface area (Å²) in [6.45, 7) is 1.24. The maximum absolute atomic E-state index is 12.9. The van der Waals surface area contributed by atoms with Gasteiger partial charge in [0, 0.05) is 5.56 Å². The molecule has 2 aromatic carbocycles. The molecule has 0 aliphatic heterocycles. The van der Waals surface area contributed by atoms with E-state index in [1.807, 2.05) is 36.4 Å². The van der Waals surface area contributed by atoms with Gasteiger partial charge in [0.15, 0.2) is 6.61 Å². The van der Waals surface area contributed by atoms with Crippen LogP contribution in [0.15, 0.2) is 54.6 Å². The van der Waals surface area contributed by atoms with Gasteiger partial charge in [-0.3, -0.25) is 4.79 Å². The fraction of sp³-hybridized carbons (Fsp3) is 0.292. The number of rotatable bonds is 8. The van der Waals surface area contributed by atoms with Crippen LogP contribution in [0.25, 0.3) is 11.6 Å². The third kappa shape index (κ3) is 5.06. The van der Waals surface area contributed by atoms with Gasteiger partial charge in [0.05, 0.1) is 18.8 Å².